The Balaban J connectivity index is 2.44. The largest absolute Gasteiger partial charge is 0.351 e. The molecule has 1 amide bonds. The SMILES string of the molecule is CCCC[C@H](N)C(=O)NCc1ccc(F)c(Cl)c1. The monoisotopic (exact) mass is 272 g/mol. The number of unbranched alkanes of at least 4 members (excludes halogenated alkanes) is 1. The number of hydrogen-bond donors (Lipinski definition) is 2. The summed E-state index contributed by atoms with van der Waals surface area (Å²) in [5.41, 5.74) is 6.47. The normalized spacial score (nSPS) is 12.2. The molecule has 0 saturated heterocycles. The number of nitrogens with one attached hydrogen (secondary N) is 1. The molecule has 1 atom stereocenters. The van der Waals surface area contributed by atoms with Gasteiger partial charge in [-0.3, -0.25) is 4.79 Å². The summed E-state index contributed by atoms with van der Waals surface area (Å²) in [4.78, 5) is 11.6. The van der Waals surface area contributed by atoms with Crippen molar-refractivity contribution in [3.8, 4) is 0 Å². The highest BCUT2D eigenvalue weighted by molar-refractivity contribution is 6.30. The second kappa shape index (κ2) is 7.34. The van der Waals surface area contributed by atoms with Gasteiger partial charge in [-0.2, -0.15) is 0 Å². The van der Waals surface area contributed by atoms with Crippen LogP contribution in [0.1, 0.15) is 31.7 Å². The number of amides is 1. The average Bonchev–Trinajstić information content (AvgIpc) is 2.36. The van der Waals surface area contributed by atoms with Crippen molar-refractivity contribution < 1.29 is 9.18 Å². The molecule has 0 saturated carbocycles. The third-order valence-electron chi connectivity index (χ3n) is 2.66. The van der Waals surface area contributed by atoms with Gasteiger partial charge in [-0.25, -0.2) is 4.39 Å². The predicted octanol–water partition coefficient (Wildman–Crippen LogP) is 2.61. The van der Waals surface area contributed by atoms with Gasteiger partial charge in [-0.1, -0.05) is 37.4 Å². The lowest BCUT2D eigenvalue weighted by molar-refractivity contribution is -0.122. The molecule has 0 aromatic heterocycles. The van der Waals surface area contributed by atoms with Gasteiger partial charge in [-0.05, 0) is 24.1 Å². The van der Waals surface area contributed by atoms with Crippen LogP contribution in [0, 0.1) is 5.82 Å². The molecule has 18 heavy (non-hydrogen) atoms. The molecule has 100 valence electrons. The third-order valence-corrected chi connectivity index (χ3v) is 2.95. The average molecular weight is 273 g/mol. The maximum Gasteiger partial charge on any atom is 0.237 e. The van der Waals surface area contributed by atoms with Crippen molar-refractivity contribution in [2.75, 3.05) is 0 Å². The minimum Gasteiger partial charge on any atom is -0.351 e. The molecule has 0 bridgehead atoms. The maximum absolute atomic E-state index is 12.9. The summed E-state index contributed by atoms with van der Waals surface area (Å²) in [5.74, 6) is -0.657. The van der Waals surface area contributed by atoms with Gasteiger partial charge < -0.3 is 11.1 Å². The Labute approximate surface area is 112 Å². The van der Waals surface area contributed by atoms with E-state index in [1.165, 1.54) is 12.1 Å². The molecule has 0 radical (unpaired) electrons. The van der Waals surface area contributed by atoms with E-state index >= 15 is 0 Å². The smallest absolute Gasteiger partial charge is 0.237 e. The van der Waals surface area contributed by atoms with Crippen molar-refractivity contribution in [3.63, 3.8) is 0 Å². The van der Waals surface area contributed by atoms with Gasteiger partial charge >= 0.3 is 0 Å². The molecule has 1 aromatic carbocycles. The van der Waals surface area contributed by atoms with Gasteiger partial charge in [0.1, 0.15) is 5.82 Å². The summed E-state index contributed by atoms with van der Waals surface area (Å²) < 4.78 is 12.9. The number of carbonyl (C=O) groups is 1. The first-order chi connectivity index (χ1) is 8.54. The molecule has 1 rings (SSSR count). The topological polar surface area (TPSA) is 55.1 Å². The van der Waals surface area contributed by atoms with Gasteiger partial charge in [0.25, 0.3) is 0 Å². The van der Waals surface area contributed by atoms with Crippen LogP contribution in [-0.2, 0) is 11.3 Å². The molecule has 0 unspecified atom stereocenters. The fraction of sp³-hybridized carbons (Fsp3) is 0.462. The Morgan fingerprint density at radius 1 is 1.56 bits per heavy atom. The molecule has 0 heterocycles. The molecule has 0 aliphatic heterocycles. The van der Waals surface area contributed by atoms with Crippen molar-refractivity contribution in [1.29, 1.82) is 0 Å². The van der Waals surface area contributed by atoms with Crippen molar-refractivity contribution in [2.24, 2.45) is 5.73 Å². The predicted molar refractivity (Wildman–Crippen MR) is 70.8 cm³/mol. The van der Waals surface area contributed by atoms with Crippen LogP contribution in [0.3, 0.4) is 0 Å². The van der Waals surface area contributed by atoms with E-state index < -0.39 is 11.9 Å². The first kappa shape index (κ1) is 14.9. The first-order valence-electron chi connectivity index (χ1n) is 6.01. The standard InChI is InChI=1S/C13H18ClFN2O/c1-2-3-4-12(16)13(18)17-8-9-5-6-11(15)10(14)7-9/h5-7,12H,2-4,8,16H2,1H3,(H,17,18)/t12-/m0/s1. The highest BCUT2D eigenvalue weighted by Gasteiger charge is 2.12. The van der Waals surface area contributed by atoms with Crippen LogP contribution in [-0.4, -0.2) is 11.9 Å². The lowest BCUT2D eigenvalue weighted by Crippen LogP contribution is -2.40. The van der Waals surface area contributed by atoms with Crippen molar-refractivity contribution in [2.45, 2.75) is 38.8 Å². The van der Waals surface area contributed by atoms with Crippen LogP contribution in [0.15, 0.2) is 18.2 Å². The fourth-order valence-electron chi connectivity index (χ4n) is 1.52. The Bertz CT molecular complexity index is 412. The van der Waals surface area contributed by atoms with E-state index in [9.17, 15) is 9.18 Å². The number of hydrogen-bond acceptors (Lipinski definition) is 2. The fourth-order valence-corrected chi connectivity index (χ4v) is 1.73. The van der Waals surface area contributed by atoms with Crippen LogP contribution in [0.4, 0.5) is 4.39 Å². The van der Waals surface area contributed by atoms with Gasteiger partial charge in [0.05, 0.1) is 11.1 Å². The summed E-state index contributed by atoms with van der Waals surface area (Å²) in [5, 5.41) is 2.76. The van der Waals surface area contributed by atoms with E-state index in [2.05, 4.69) is 5.32 Å². The van der Waals surface area contributed by atoms with E-state index in [1.54, 1.807) is 6.07 Å². The molecule has 0 aliphatic rings. The number of carbonyl (C=O) groups excluding carboxylic acids is 1. The number of rotatable bonds is 6. The number of nitrogens with two attached hydrogens (primary N) is 1. The van der Waals surface area contributed by atoms with E-state index in [-0.39, 0.29) is 10.9 Å². The van der Waals surface area contributed by atoms with Crippen LogP contribution in [0.2, 0.25) is 5.02 Å². The summed E-state index contributed by atoms with van der Waals surface area (Å²) in [6, 6.07) is 3.87. The zero-order valence-electron chi connectivity index (χ0n) is 10.4. The summed E-state index contributed by atoms with van der Waals surface area (Å²) >= 11 is 5.65. The Morgan fingerprint density at radius 2 is 2.28 bits per heavy atom. The Morgan fingerprint density at radius 3 is 2.89 bits per heavy atom. The summed E-state index contributed by atoms with van der Waals surface area (Å²) in [6.45, 7) is 2.35. The molecule has 3 nitrogen and oxygen atoms in total. The summed E-state index contributed by atoms with van der Waals surface area (Å²) in [7, 11) is 0. The van der Waals surface area contributed by atoms with Crippen LogP contribution in [0.5, 0.6) is 0 Å². The Kier molecular flexibility index (Phi) is 6.09. The van der Waals surface area contributed by atoms with Crippen LogP contribution >= 0.6 is 11.6 Å². The van der Waals surface area contributed by atoms with Crippen molar-refractivity contribution in [1.82, 2.24) is 5.32 Å². The van der Waals surface area contributed by atoms with E-state index in [4.69, 9.17) is 17.3 Å². The molecule has 0 aliphatic carbocycles. The molecule has 3 N–H and O–H groups in total. The van der Waals surface area contributed by atoms with Gasteiger partial charge in [-0.15, -0.1) is 0 Å². The lowest BCUT2D eigenvalue weighted by Gasteiger charge is -2.11. The maximum atomic E-state index is 12.9. The van der Waals surface area contributed by atoms with Crippen molar-refractivity contribution in [3.05, 3.63) is 34.6 Å². The van der Waals surface area contributed by atoms with Crippen molar-refractivity contribution >= 4 is 17.5 Å². The minimum atomic E-state index is -0.485. The second-order valence-corrected chi connectivity index (χ2v) is 4.62. The molecule has 5 heteroatoms. The minimum absolute atomic E-state index is 0.0528. The van der Waals surface area contributed by atoms with Crippen LogP contribution < -0.4 is 11.1 Å². The van der Waals surface area contributed by atoms with E-state index in [0.29, 0.717) is 13.0 Å². The second-order valence-electron chi connectivity index (χ2n) is 4.21. The lowest BCUT2D eigenvalue weighted by atomic mass is 10.1. The molecular weight excluding hydrogens is 255 g/mol. The van der Waals surface area contributed by atoms with Gasteiger partial charge in [0.15, 0.2) is 0 Å². The van der Waals surface area contributed by atoms with Gasteiger partial charge in [0, 0.05) is 6.54 Å². The number of benzene rings is 1. The van der Waals surface area contributed by atoms with Crippen LogP contribution in [0.25, 0.3) is 0 Å². The first-order valence-corrected chi connectivity index (χ1v) is 6.39. The van der Waals surface area contributed by atoms with E-state index in [1.807, 2.05) is 6.92 Å². The highest BCUT2D eigenvalue weighted by atomic mass is 35.5. The Hall–Kier alpha value is -1.13. The quantitative estimate of drug-likeness (QED) is 0.836. The molecular formula is C13H18ClFN2O. The highest BCUT2D eigenvalue weighted by Crippen LogP contribution is 2.15. The molecule has 0 fully saturated rings. The zero-order valence-corrected chi connectivity index (χ0v) is 11.1. The molecule has 1 aromatic rings. The van der Waals surface area contributed by atoms with E-state index in [0.717, 1.165) is 18.4 Å². The number of halogens is 2. The summed E-state index contributed by atoms with van der Waals surface area (Å²) in [6.07, 6.45) is 2.61. The van der Waals surface area contributed by atoms with Gasteiger partial charge in [0.2, 0.25) is 5.91 Å². The zero-order chi connectivity index (χ0) is 13.5. The molecule has 0 spiro atoms. The third kappa shape index (κ3) is 4.63.